The lowest BCUT2D eigenvalue weighted by Gasteiger charge is -2.26. The van der Waals surface area contributed by atoms with Crippen LogP contribution in [-0.4, -0.2) is 0 Å². The lowest BCUT2D eigenvalue weighted by atomic mass is 9.78. The van der Waals surface area contributed by atoms with E-state index in [0.717, 1.165) is 4.90 Å². The third-order valence-corrected chi connectivity index (χ3v) is 5.29. The average Bonchev–Trinajstić information content (AvgIpc) is 2.62. The van der Waals surface area contributed by atoms with Crippen LogP contribution in [0.25, 0.3) is 11.1 Å². The Morgan fingerprint density at radius 3 is 2.04 bits per heavy atom. The zero-order chi connectivity index (χ0) is 17.2. The number of hydrogen-bond acceptors (Lipinski definition) is 2. The van der Waals surface area contributed by atoms with E-state index in [1.165, 1.54) is 39.8 Å². The van der Waals surface area contributed by atoms with Crippen molar-refractivity contribution >= 4 is 11.9 Å². The summed E-state index contributed by atoms with van der Waals surface area (Å²) in [5, 5.41) is 5.83. The van der Waals surface area contributed by atoms with Gasteiger partial charge < -0.3 is 0 Å². The Labute approximate surface area is 149 Å². The van der Waals surface area contributed by atoms with E-state index in [1.54, 1.807) is 0 Å². The van der Waals surface area contributed by atoms with Crippen molar-refractivity contribution < 1.29 is 0 Å². The number of nitrogens with two attached hydrogens (primary N) is 1. The Bertz CT molecular complexity index is 820. The van der Waals surface area contributed by atoms with Gasteiger partial charge in [0.1, 0.15) is 0 Å². The van der Waals surface area contributed by atoms with Crippen LogP contribution >= 0.6 is 11.9 Å². The van der Waals surface area contributed by atoms with Crippen LogP contribution in [0, 0.1) is 6.92 Å². The van der Waals surface area contributed by atoms with Gasteiger partial charge in [-0.1, -0.05) is 86.1 Å². The fraction of sp³-hybridized carbons (Fsp3) is 0.182. The predicted molar refractivity (Wildman–Crippen MR) is 105 cm³/mol. The summed E-state index contributed by atoms with van der Waals surface area (Å²) in [7, 11) is 0. The molecule has 0 aliphatic rings. The summed E-state index contributed by atoms with van der Waals surface area (Å²) in [5.41, 5.74) is 6.28. The molecule has 0 amide bonds. The van der Waals surface area contributed by atoms with Crippen molar-refractivity contribution in [2.24, 2.45) is 5.14 Å². The third kappa shape index (κ3) is 3.26. The van der Waals surface area contributed by atoms with E-state index >= 15 is 0 Å². The van der Waals surface area contributed by atoms with Gasteiger partial charge in [0.15, 0.2) is 0 Å². The van der Waals surface area contributed by atoms with Crippen molar-refractivity contribution in [3.63, 3.8) is 0 Å². The first kappa shape index (κ1) is 16.8. The molecule has 0 unspecified atom stereocenters. The molecule has 0 radical (unpaired) electrons. The third-order valence-electron chi connectivity index (χ3n) is 4.68. The first-order valence-corrected chi connectivity index (χ1v) is 9.04. The van der Waals surface area contributed by atoms with Crippen LogP contribution < -0.4 is 5.14 Å². The number of benzene rings is 3. The van der Waals surface area contributed by atoms with E-state index in [2.05, 4.69) is 93.6 Å². The highest BCUT2D eigenvalue weighted by Crippen LogP contribution is 2.34. The van der Waals surface area contributed by atoms with Gasteiger partial charge in [0.2, 0.25) is 0 Å². The molecule has 24 heavy (non-hydrogen) atoms. The van der Waals surface area contributed by atoms with E-state index in [0.29, 0.717) is 0 Å². The maximum absolute atomic E-state index is 5.83. The second kappa shape index (κ2) is 6.84. The molecule has 122 valence electrons. The molecule has 3 aromatic rings. The van der Waals surface area contributed by atoms with Crippen LogP contribution in [0.15, 0.2) is 77.7 Å². The van der Waals surface area contributed by atoms with Gasteiger partial charge >= 0.3 is 0 Å². The molecule has 0 saturated heterocycles. The zero-order valence-electron chi connectivity index (χ0n) is 14.4. The summed E-state index contributed by atoms with van der Waals surface area (Å²) < 4.78 is 0. The van der Waals surface area contributed by atoms with E-state index in [9.17, 15) is 0 Å². The SMILES string of the molecule is Cc1ccc(SN)c(-c2ccc(C(C)(C)c3ccccc3)cc2)c1. The lowest BCUT2D eigenvalue weighted by molar-refractivity contribution is 0.641. The molecule has 0 spiro atoms. The number of aryl methyl sites for hydroxylation is 1. The minimum atomic E-state index is -0.0160. The van der Waals surface area contributed by atoms with Crippen LogP contribution in [0.4, 0.5) is 0 Å². The predicted octanol–water partition coefficient (Wildman–Crippen LogP) is 5.95. The van der Waals surface area contributed by atoms with Gasteiger partial charge in [0.05, 0.1) is 0 Å². The summed E-state index contributed by atoms with van der Waals surface area (Å²) in [4.78, 5) is 1.11. The second-order valence-corrected chi connectivity index (χ2v) is 7.36. The molecule has 0 saturated carbocycles. The molecule has 3 rings (SSSR count). The monoisotopic (exact) mass is 333 g/mol. The molecular formula is C22H23NS. The normalized spacial score (nSPS) is 11.5. The molecule has 0 aliphatic heterocycles. The molecule has 0 bridgehead atoms. The number of hydrogen-bond donors (Lipinski definition) is 1. The van der Waals surface area contributed by atoms with E-state index in [1.807, 2.05) is 0 Å². The van der Waals surface area contributed by atoms with E-state index < -0.39 is 0 Å². The highest BCUT2D eigenvalue weighted by atomic mass is 32.2. The van der Waals surface area contributed by atoms with Crippen LogP contribution in [0.3, 0.4) is 0 Å². The van der Waals surface area contributed by atoms with Gasteiger partial charge in [-0.3, -0.25) is 5.14 Å². The van der Waals surface area contributed by atoms with Crippen molar-refractivity contribution in [2.75, 3.05) is 0 Å². The number of rotatable bonds is 4. The molecule has 0 aliphatic carbocycles. The first-order valence-electron chi connectivity index (χ1n) is 8.16. The Morgan fingerprint density at radius 2 is 1.42 bits per heavy atom. The summed E-state index contributed by atoms with van der Waals surface area (Å²) in [6, 6.07) is 25.9. The maximum Gasteiger partial charge on any atom is 0.0304 e. The summed E-state index contributed by atoms with van der Waals surface area (Å²) in [6.45, 7) is 6.65. The summed E-state index contributed by atoms with van der Waals surface area (Å²) in [5.74, 6) is 0. The molecule has 3 aromatic carbocycles. The highest BCUT2D eigenvalue weighted by Gasteiger charge is 2.22. The van der Waals surface area contributed by atoms with Crippen molar-refractivity contribution in [3.8, 4) is 11.1 Å². The summed E-state index contributed by atoms with van der Waals surface area (Å²) in [6.07, 6.45) is 0. The van der Waals surface area contributed by atoms with Gasteiger partial charge in [0.25, 0.3) is 0 Å². The molecule has 2 heteroatoms. The smallest absolute Gasteiger partial charge is 0.0304 e. The highest BCUT2D eigenvalue weighted by molar-refractivity contribution is 7.97. The second-order valence-electron chi connectivity index (χ2n) is 6.69. The van der Waals surface area contributed by atoms with Crippen LogP contribution in [0.5, 0.6) is 0 Å². The van der Waals surface area contributed by atoms with Gasteiger partial charge in [-0.25, -0.2) is 0 Å². The zero-order valence-corrected chi connectivity index (χ0v) is 15.2. The molecule has 1 nitrogen and oxygen atoms in total. The quantitative estimate of drug-likeness (QED) is 0.597. The maximum atomic E-state index is 5.83. The van der Waals surface area contributed by atoms with Crippen molar-refractivity contribution in [1.82, 2.24) is 0 Å². The topological polar surface area (TPSA) is 26.0 Å². The Morgan fingerprint density at radius 1 is 0.792 bits per heavy atom. The van der Waals surface area contributed by atoms with Crippen molar-refractivity contribution in [3.05, 3.63) is 89.5 Å². The Kier molecular flexibility index (Phi) is 4.79. The van der Waals surface area contributed by atoms with Gasteiger partial charge in [-0.15, -0.1) is 0 Å². The average molecular weight is 334 g/mol. The fourth-order valence-corrected chi connectivity index (χ4v) is 3.51. The molecular weight excluding hydrogens is 310 g/mol. The van der Waals surface area contributed by atoms with Crippen LogP contribution in [-0.2, 0) is 5.41 Å². The van der Waals surface area contributed by atoms with Gasteiger partial charge in [-0.05, 0) is 47.2 Å². The Hall–Kier alpha value is -2.03. The van der Waals surface area contributed by atoms with Crippen LogP contribution in [0.1, 0.15) is 30.5 Å². The minimum absolute atomic E-state index is 0.0160. The first-order chi connectivity index (χ1) is 11.5. The molecule has 2 N–H and O–H groups in total. The fourth-order valence-electron chi connectivity index (χ4n) is 3.06. The van der Waals surface area contributed by atoms with Gasteiger partial charge in [-0.2, -0.15) is 0 Å². The summed E-state index contributed by atoms with van der Waals surface area (Å²) >= 11 is 1.31. The Balaban J connectivity index is 1.99. The van der Waals surface area contributed by atoms with Gasteiger partial charge in [0, 0.05) is 10.3 Å². The lowest BCUT2D eigenvalue weighted by Crippen LogP contribution is -2.18. The van der Waals surface area contributed by atoms with E-state index in [-0.39, 0.29) is 5.41 Å². The van der Waals surface area contributed by atoms with Crippen molar-refractivity contribution in [2.45, 2.75) is 31.1 Å². The molecule has 0 aromatic heterocycles. The largest absolute Gasteiger partial charge is 0.274 e. The molecule has 0 fully saturated rings. The standard InChI is InChI=1S/C22H23NS/c1-16-9-14-21(24-23)20(15-16)17-10-12-19(13-11-17)22(2,3)18-7-5-4-6-8-18/h4-15H,23H2,1-3H3. The van der Waals surface area contributed by atoms with E-state index in [4.69, 9.17) is 5.14 Å². The van der Waals surface area contributed by atoms with Crippen molar-refractivity contribution in [1.29, 1.82) is 0 Å². The molecule has 0 heterocycles. The molecule has 0 atom stereocenters. The van der Waals surface area contributed by atoms with Crippen LogP contribution in [0.2, 0.25) is 0 Å². The minimum Gasteiger partial charge on any atom is -0.274 e.